The largest absolute Gasteiger partial charge is 0.478 e. The summed E-state index contributed by atoms with van der Waals surface area (Å²) in [6, 6.07) is 11.2. The molecule has 0 saturated heterocycles. The quantitative estimate of drug-likeness (QED) is 0.508. The average molecular weight is 378 g/mol. The Morgan fingerprint density at radius 2 is 1.93 bits per heavy atom. The summed E-state index contributed by atoms with van der Waals surface area (Å²) in [6.45, 7) is 6.24. The number of carboxylic acids is 1. The fourth-order valence-electron chi connectivity index (χ4n) is 3.11. The summed E-state index contributed by atoms with van der Waals surface area (Å²) in [5.74, 6) is -0.236. The second-order valence-electron chi connectivity index (χ2n) is 6.73. The minimum atomic E-state index is -0.970. The maximum atomic E-state index is 11.3. The number of carboxylic acid groups (broad SMARTS) is 1. The van der Waals surface area contributed by atoms with Crippen molar-refractivity contribution in [3.63, 3.8) is 0 Å². The summed E-state index contributed by atoms with van der Waals surface area (Å²) in [7, 11) is 0. The lowest BCUT2D eigenvalue weighted by Gasteiger charge is -2.09. The molecule has 27 heavy (non-hydrogen) atoms. The van der Waals surface area contributed by atoms with E-state index in [2.05, 4.69) is 39.0 Å². The van der Waals surface area contributed by atoms with E-state index in [0.29, 0.717) is 15.5 Å². The standard InChI is InChI=1S/C23H22O3S/c1-4-5-18-20(10-8-16-12-14(2)6-7-15(16)3)26-21-11-9-17(23(24)25)13-19(21)22(18)27/h6-13H,4-5H2,1-3H3,(H,24,25)/b10-8+. The lowest BCUT2D eigenvalue weighted by atomic mass is 10.0. The lowest BCUT2D eigenvalue weighted by molar-refractivity contribution is 0.0697. The molecule has 0 amide bonds. The fraction of sp³-hybridized carbons (Fsp3) is 0.217. The summed E-state index contributed by atoms with van der Waals surface area (Å²) >= 11 is 5.68. The first-order valence-electron chi connectivity index (χ1n) is 8.99. The number of carbonyl (C=O) groups is 1. The van der Waals surface area contributed by atoms with Gasteiger partial charge < -0.3 is 9.52 Å². The van der Waals surface area contributed by atoms with Gasteiger partial charge in [0, 0.05) is 10.9 Å². The summed E-state index contributed by atoms with van der Waals surface area (Å²) in [5, 5.41) is 9.92. The van der Waals surface area contributed by atoms with Gasteiger partial charge in [-0.1, -0.05) is 55.4 Å². The van der Waals surface area contributed by atoms with Crippen LogP contribution in [0.15, 0.2) is 40.8 Å². The van der Waals surface area contributed by atoms with Gasteiger partial charge in [-0.2, -0.15) is 0 Å². The molecule has 0 fully saturated rings. The molecule has 0 unspecified atom stereocenters. The molecule has 0 bridgehead atoms. The van der Waals surface area contributed by atoms with Crippen LogP contribution in [0.25, 0.3) is 23.1 Å². The highest BCUT2D eigenvalue weighted by Gasteiger charge is 2.12. The lowest BCUT2D eigenvalue weighted by Crippen LogP contribution is -1.97. The molecule has 1 aromatic heterocycles. The molecule has 0 aliphatic carbocycles. The van der Waals surface area contributed by atoms with Gasteiger partial charge in [0.1, 0.15) is 11.3 Å². The SMILES string of the molecule is CCCc1c(/C=C/c2cc(C)ccc2C)oc2ccc(C(=O)O)cc2c1=S. The van der Waals surface area contributed by atoms with Crippen molar-refractivity contribution in [2.45, 2.75) is 33.6 Å². The van der Waals surface area contributed by atoms with Crippen molar-refractivity contribution in [2.24, 2.45) is 0 Å². The smallest absolute Gasteiger partial charge is 0.335 e. The van der Waals surface area contributed by atoms with E-state index in [4.69, 9.17) is 16.6 Å². The number of benzene rings is 2. The van der Waals surface area contributed by atoms with E-state index < -0.39 is 5.97 Å². The first-order chi connectivity index (χ1) is 12.9. The summed E-state index contributed by atoms with van der Waals surface area (Å²) in [6.07, 6.45) is 5.72. The van der Waals surface area contributed by atoms with Gasteiger partial charge in [0.05, 0.1) is 10.1 Å². The van der Waals surface area contributed by atoms with Crippen molar-refractivity contribution in [3.05, 3.63) is 74.5 Å². The van der Waals surface area contributed by atoms with Crippen LogP contribution in [0.4, 0.5) is 0 Å². The van der Waals surface area contributed by atoms with Crippen LogP contribution in [-0.4, -0.2) is 11.1 Å². The van der Waals surface area contributed by atoms with E-state index in [1.54, 1.807) is 18.2 Å². The van der Waals surface area contributed by atoms with Crippen LogP contribution in [0.3, 0.4) is 0 Å². The van der Waals surface area contributed by atoms with Gasteiger partial charge in [-0.25, -0.2) is 4.79 Å². The number of fused-ring (bicyclic) bond motifs is 1. The second kappa shape index (κ2) is 7.89. The highest BCUT2D eigenvalue weighted by atomic mass is 32.1. The summed E-state index contributed by atoms with van der Waals surface area (Å²) < 4.78 is 6.77. The van der Waals surface area contributed by atoms with Crippen molar-refractivity contribution >= 4 is 41.3 Å². The minimum Gasteiger partial charge on any atom is -0.478 e. The molecule has 1 N–H and O–H groups in total. The van der Waals surface area contributed by atoms with Gasteiger partial charge in [0.15, 0.2) is 0 Å². The third-order valence-corrected chi connectivity index (χ3v) is 5.08. The third-order valence-electron chi connectivity index (χ3n) is 4.61. The molecule has 0 saturated carbocycles. The van der Waals surface area contributed by atoms with E-state index in [0.717, 1.165) is 29.7 Å². The number of aryl methyl sites for hydroxylation is 2. The molecule has 1 heterocycles. The van der Waals surface area contributed by atoms with E-state index in [9.17, 15) is 9.90 Å². The number of aromatic carboxylic acids is 1. The third kappa shape index (κ3) is 4.01. The molecule has 0 atom stereocenters. The molecule has 0 radical (unpaired) electrons. The van der Waals surface area contributed by atoms with Gasteiger partial charge in [-0.15, -0.1) is 0 Å². The van der Waals surface area contributed by atoms with Crippen molar-refractivity contribution < 1.29 is 14.3 Å². The summed E-state index contributed by atoms with van der Waals surface area (Å²) in [5.41, 5.74) is 5.30. The van der Waals surface area contributed by atoms with Gasteiger partial charge in [0.2, 0.25) is 0 Å². The highest BCUT2D eigenvalue weighted by molar-refractivity contribution is 7.71. The number of hydrogen-bond acceptors (Lipinski definition) is 3. The Kier molecular flexibility index (Phi) is 5.57. The number of rotatable bonds is 5. The Morgan fingerprint density at radius 3 is 2.63 bits per heavy atom. The second-order valence-corrected chi connectivity index (χ2v) is 7.14. The zero-order valence-electron chi connectivity index (χ0n) is 15.7. The topological polar surface area (TPSA) is 50.4 Å². The van der Waals surface area contributed by atoms with Crippen molar-refractivity contribution in [3.8, 4) is 0 Å². The molecular formula is C23H22O3S. The molecule has 2 aromatic carbocycles. The molecule has 3 rings (SSSR count). The maximum Gasteiger partial charge on any atom is 0.335 e. The van der Waals surface area contributed by atoms with Crippen LogP contribution < -0.4 is 0 Å². The summed E-state index contributed by atoms with van der Waals surface area (Å²) in [4.78, 5) is 11.3. The average Bonchev–Trinajstić information content (AvgIpc) is 2.64. The molecule has 0 aliphatic rings. The van der Waals surface area contributed by atoms with E-state index in [1.165, 1.54) is 11.1 Å². The highest BCUT2D eigenvalue weighted by Crippen LogP contribution is 2.27. The van der Waals surface area contributed by atoms with Crippen molar-refractivity contribution in [1.82, 2.24) is 0 Å². The Morgan fingerprint density at radius 1 is 1.15 bits per heavy atom. The van der Waals surface area contributed by atoms with Crippen LogP contribution in [0.5, 0.6) is 0 Å². The predicted octanol–water partition coefficient (Wildman–Crippen LogP) is 6.60. The molecule has 3 aromatic rings. The van der Waals surface area contributed by atoms with Crippen LogP contribution in [-0.2, 0) is 6.42 Å². The van der Waals surface area contributed by atoms with Crippen LogP contribution in [0.2, 0.25) is 0 Å². The zero-order chi connectivity index (χ0) is 19.6. The van der Waals surface area contributed by atoms with Gasteiger partial charge >= 0.3 is 5.97 Å². The number of hydrogen-bond donors (Lipinski definition) is 1. The molecule has 138 valence electrons. The van der Waals surface area contributed by atoms with E-state index in [-0.39, 0.29) is 5.56 Å². The normalized spacial score (nSPS) is 11.4. The Hall–Kier alpha value is -2.72. The van der Waals surface area contributed by atoms with Crippen molar-refractivity contribution in [1.29, 1.82) is 0 Å². The van der Waals surface area contributed by atoms with E-state index in [1.807, 2.05) is 12.2 Å². The first-order valence-corrected chi connectivity index (χ1v) is 9.40. The molecule has 4 heteroatoms. The fourth-order valence-corrected chi connectivity index (χ4v) is 3.47. The van der Waals surface area contributed by atoms with Crippen LogP contribution in [0, 0.1) is 18.4 Å². The van der Waals surface area contributed by atoms with Gasteiger partial charge in [-0.05, 0) is 55.7 Å². The van der Waals surface area contributed by atoms with Crippen molar-refractivity contribution in [2.75, 3.05) is 0 Å². The van der Waals surface area contributed by atoms with E-state index >= 15 is 0 Å². The Labute approximate surface area is 164 Å². The van der Waals surface area contributed by atoms with Gasteiger partial charge in [0.25, 0.3) is 0 Å². The predicted molar refractivity (Wildman–Crippen MR) is 113 cm³/mol. The molecular weight excluding hydrogens is 356 g/mol. The van der Waals surface area contributed by atoms with Gasteiger partial charge in [-0.3, -0.25) is 0 Å². The maximum absolute atomic E-state index is 11.3. The molecule has 3 nitrogen and oxygen atoms in total. The Bertz CT molecular complexity index is 1110. The Balaban J connectivity index is 2.16. The minimum absolute atomic E-state index is 0.213. The first kappa shape index (κ1) is 19.1. The molecule has 0 spiro atoms. The van der Waals surface area contributed by atoms with Crippen LogP contribution in [0.1, 0.15) is 51.7 Å². The van der Waals surface area contributed by atoms with Crippen LogP contribution >= 0.6 is 12.2 Å². The monoisotopic (exact) mass is 378 g/mol. The molecule has 0 aliphatic heterocycles. The zero-order valence-corrected chi connectivity index (χ0v) is 16.5.